The van der Waals surface area contributed by atoms with Gasteiger partial charge in [0.15, 0.2) is 0 Å². The van der Waals surface area contributed by atoms with Crippen molar-refractivity contribution in [2.24, 2.45) is 0 Å². The highest BCUT2D eigenvalue weighted by Gasteiger charge is 2.49. The Kier molecular flexibility index (Phi) is 6.16. The van der Waals surface area contributed by atoms with Gasteiger partial charge in [0.2, 0.25) is 5.91 Å². The maximum Gasteiger partial charge on any atom is 0.418 e. The van der Waals surface area contributed by atoms with Crippen LogP contribution in [0.5, 0.6) is 0 Å². The van der Waals surface area contributed by atoms with E-state index in [4.69, 9.17) is 9.29 Å². The quantitative estimate of drug-likeness (QED) is 0.592. The summed E-state index contributed by atoms with van der Waals surface area (Å²) in [6.45, 7) is 6.44. The number of amides is 4. The van der Waals surface area contributed by atoms with E-state index in [1.165, 1.54) is 4.90 Å². The molecule has 30 heavy (non-hydrogen) atoms. The second kappa shape index (κ2) is 8.19. The molecule has 3 aliphatic rings. The third-order valence-electron chi connectivity index (χ3n) is 5.29. The van der Waals surface area contributed by atoms with Crippen LogP contribution in [0.25, 0.3) is 0 Å². The van der Waals surface area contributed by atoms with Crippen molar-refractivity contribution in [1.29, 1.82) is 0 Å². The fourth-order valence-corrected chi connectivity index (χ4v) is 4.32. The van der Waals surface area contributed by atoms with Gasteiger partial charge in [-0.05, 0) is 46.5 Å². The number of hydrogen-bond acceptors (Lipinski definition) is 7. The van der Waals surface area contributed by atoms with Crippen LogP contribution in [0.2, 0.25) is 0 Å². The number of likely N-dealkylation sites (tertiary alicyclic amines) is 1. The molecule has 0 aromatic rings. The van der Waals surface area contributed by atoms with Crippen molar-refractivity contribution in [3.63, 3.8) is 0 Å². The molecule has 13 heteroatoms. The number of nitrogens with one attached hydrogen (secondary N) is 1. The molecule has 2 bridgehead atoms. The first-order valence-corrected chi connectivity index (χ1v) is 11.3. The van der Waals surface area contributed by atoms with E-state index in [1.54, 1.807) is 25.7 Å². The Morgan fingerprint density at radius 3 is 2.33 bits per heavy atom. The number of carbonyl (C=O) groups excluding carboxylic acids is 3. The predicted molar refractivity (Wildman–Crippen MR) is 102 cm³/mol. The lowest BCUT2D eigenvalue weighted by molar-refractivity contribution is -0.127. The molecule has 3 aliphatic heterocycles. The Balaban J connectivity index is 1.52. The molecule has 3 rings (SSSR count). The van der Waals surface area contributed by atoms with Gasteiger partial charge in [0.1, 0.15) is 11.6 Å². The highest BCUT2D eigenvalue weighted by molar-refractivity contribution is 7.80. The van der Waals surface area contributed by atoms with Crippen molar-refractivity contribution in [1.82, 2.24) is 20.2 Å². The van der Waals surface area contributed by atoms with Crippen LogP contribution in [0.15, 0.2) is 0 Å². The summed E-state index contributed by atoms with van der Waals surface area (Å²) in [6.07, 6.45) is 1.46. The first kappa shape index (κ1) is 22.6. The van der Waals surface area contributed by atoms with Gasteiger partial charge in [0.25, 0.3) is 0 Å². The summed E-state index contributed by atoms with van der Waals surface area (Å²) >= 11 is 0. The van der Waals surface area contributed by atoms with Crippen LogP contribution >= 0.6 is 0 Å². The van der Waals surface area contributed by atoms with Gasteiger partial charge in [0, 0.05) is 25.7 Å². The Hall–Kier alpha value is -2.12. The summed E-state index contributed by atoms with van der Waals surface area (Å²) in [5.74, 6) is -0.328. The third-order valence-corrected chi connectivity index (χ3v) is 5.64. The number of ether oxygens (including phenoxy) is 1. The summed E-state index contributed by atoms with van der Waals surface area (Å²) in [6, 6.07) is -2.19. The van der Waals surface area contributed by atoms with Gasteiger partial charge in [0.05, 0.1) is 6.04 Å². The Morgan fingerprint density at radius 1 is 1.13 bits per heavy atom. The average Bonchev–Trinajstić information content (AvgIpc) is 2.84. The van der Waals surface area contributed by atoms with Crippen molar-refractivity contribution in [3.8, 4) is 0 Å². The molecule has 12 nitrogen and oxygen atoms in total. The zero-order chi connectivity index (χ0) is 22.3. The van der Waals surface area contributed by atoms with Crippen LogP contribution in [0.4, 0.5) is 9.59 Å². The van der Waals surface area contributed by atoms with Crippen LogP contribution in [0, 0.1) is 0 Å². The molecular formula is C17H28N4O8S. The molecule has 2 N–H and O–H groups in total. The minimum atomic E-state index is -4.83. The smallest absolute Gasteiger partial charge is 0.418 e. The van der Waals surface area contributed by atoms with Crippen molar-refractivity contribution < 1.29 is 36.4 Å². The molecule has 3 saturated heterocycles. The largest absolute Gasteiger partial charge is 0.444 e. The van der Waals surface area contributed by atoms with E-state index in [0.29, 0.717) is 43.8 Å². The number of rotatable bonds is 4. The van der Waals surface area contributed by atoms with Gasteiger partial charge in [-0.15, -0.1) is 4.28 Å². The molecule has 0 saturated carbocycles. The molecule has 0 spiro atoms. The Labute approximate surface area is 175 Å². The van der Waals surface area contributed by atoms with Crippen LogP contribution in [-0.4, -0.2) is 89.2 Å². The summed E-state index contributed by atoms with van der Waals surface area (Å²) in [4.78, 5) is 40.2. The van der Waals surface area contributed by atoms with E-state index in [1.807, 2.05) is 0 Å². The van der Waals surface area contributed by atoms with Crippen LogP contribution in [-0.2, 0) is 24.2 Å². The molecule has 2 atom stereocenters. The number of hydroxylamine groups is 2. The Morgan fingerprint density at radius 2 is 1.77 bits per heavy atom. The molecule has 4 amide bonds. The van der Waals surface area contributed by atoms with Crippen molar-refractivity contribution in [2.45, 2.75) is 70.2 Å². The van der Waals surface area contributed by atoms with Gasteiger partial charge in [-0.25, -0.2) is 9.59 Å². The minimum Gasteiger partial charge on any atom is -0.444 e. The summed E-state index contributed by atoms with van der Waals surface area (Å²) < 4.78 is 40.5. The molecule has 0 aromatic heterocycles. The van der Waals surface area contributed by atoms with E-state index < -0.39 is 34.1 Å². The fraction of sp³-hybridized carbons (Fsp3) is 0.824. The van der Waals surface area contributed by atoms with E-state index in [9.17, 15) is 22.8 Å². The number of hydrogen-bond donors (Lipinski definition) is 2. The molecule has 170 valence electrons. The van der Waals surface area contributed by atoms with E-state index in [0.717, 1.165) is 0 Å². The lowest BCUT2D eigenvalue weighted by atomic mass is 9.99. The van der Waals surface area contributed by atoms with E-state index in [2.05, 4.69) is 9.60 Å². The fourth-order valence-electron chi connectivity index (χ4n) is 3.93. The van der Waals surface area contributed by atoms with Crippen molar-refractivity contribution in [3.05, 3.63) is 0 Å². The third kappa shape index (κ3) is 5.32. The second-order valence-electron chi connectivity index (χ2n) is 8.76. The second-order valence-corrected chi connectivity index (χ2v) is 9.76. The van der Waals surface area contributed by atoms with Crippen LogP contribution in [0.1, 0.15) is 46.5 Å². The molecule has 3 heterocycles. The lowest BCUT2D eigenvalue weighted by Gasteiger charge is -2.35. The van der Waals surface area contributed by atoms with Gasteiger partial charge in [-0.2, -0.15) is 13.5 Å². The highest BCUT2D eigenvalue weighted by atomic mass is 32.3. The van der Waals surface area contributed by atoms with Crippen LogP contribution < -0.4 is 5.32 Å². The molecule has 0 radical (unpaired) electrons. The zero-order valence-corrected chi connectivity index (χ0v) is 18.1. The van der Waals surface area contributed by atoms with Gasteiger partial charge >= 0.3 is 22.5 Å². The molecule has 0 aliphatic carbocycles. The summed E-state index contributed by atoms with van der Waals surface area (Å²) in [5.41, 5.74) is -0.573. The number of carbonyl (C=O) groups is 3. The Bertz CT molecular complexity index is 803. The van der Waals surface area contributed by atoms with Gasteiger partial charge in [-0.3, -0.25) is 9.35 Å². The van der Waals surface area contributed by atoms with E-state index >= 15 is 0 Å². The molecular weight excluding hydrogens is 420 g/mol. The standard InChI is InChI=1S/C17H28N4O8S/c1-17(2,3)28-16(24)19-8-6-11(7-9-19)18-14(22)13-5-4-12-10-20(13)15(23)21(12)29-30(25,26)27/h11-13H,4-10H2,1-3H3,(H,18,22)(H,25,26,27). The van der Waals surface area contributed by atoms with Gasteiger partial charge in [-0.1, -0.05) is 0 Å². The lowest BCUT2D eigenvalue weighted by Crippen LogP contribution is -2.54. The summed E-state index contributed by atoms with van der Waals surface area (Å²) in [5, 5.41) is 3.54. The minimum absolute atomic E-state index is 0.142. The number of nitrogens with zero attached hydrogens (tertiary/aromatic N) is 3. The highest BCUT2D eigenvalue weighted by Crippen LogP contribution is 2.31. The maximum absolute atomic E-state index is 12.8. The van der Waals surface area contributed by atoms with Crippen molar-refractivity contribution >= 4 is 28.4 Å². The number of piperidine rings is 2. The van der Waals surface area contributed by atoms with Gasteiger partial charge < -0.3 is 19.9 Å². The monoisotopic (exact) mass is 448 g/mol. The first-order valence-electron chi connectivity index (χ1n) is 9.89. The summed E-state index contributed by atoms with van der Waals surface area (Å²) in [7, 11) is -4.83. The van der Waals surface area contributed by atoms with Crippen molar-refractivity contribution in [2.75, 3.05) is 19.6 Å². The normalized spacial score (nSPS) is 25.5. The predicted octanol–water partition coefficient (Wildman–Crippen LogP) is 0.505. The molecule has 3 fully saturated rings. The van der Waals surface area contributed by atoms with Crippen LogP contribution in [0.3, 0.4) is 0 Å². The number of fused-ring (bicyclic) bond motifs is 2. The number of urea groups is 1. The molecule has 2 unspecified atom stereocenters. The zero-order valence-electron chi connectivity index (χ0n) is 17.2. The SMILES string of the molecule is CC(C)(C)OC(=O)N1CCC(NC(=O)C2CCC3CN2C(=O)N3OS(=O)(=O)O)CC1. The average molecular weight is 448 g/mol. The topological polar surface area (TPSA) is 146 Å². The maximum atomic E-state index is 12.8. The molecule has 0 aromatic carbocycles. The first-order chi connectivity index (χ1) is 13.8. The van der Waals surface area contributed by atoms with E-state index in [-0.39, 0.29) is 24.6 Å².